The Hall–Kier alpha value is -3.09. The second-order valence-corrected chi connectivity index (χ2v) is 5.84. The second-order valence-electron chi connectivity index (χ2n) is 5.84. The number of halogens is 1. The number of benzene rings is 2. The zero-order chi connectivity index (χ0) is 19.4. The summed E-state index contributed by atoms with van der Waals surface area (Å²) in [7, 11) is 2.85. The number of carbonyl (C=O) groups is 2. The van der Waals surface area contributed by atoms with E-state index in [1.165, 1.54) is 38.5 Å². The number of Topliss-reactive ketones (excluding diaryl/α,β-unsaturated/α-hetero) is 2. The Morgan fingerprint density at radius 1 is 0.963 bits per heavy atom. The summed E-state index contributed by atoms with van der Waals surface area (Å²) in [6.07, 6.45) is -0.230. The van der Waals surface area contributed by atoms with Gasteiger partial charge in [-0.3, -0.25) is 9.59 Å². The van der Waals surface area contributed by atoms with E-state index in [1.807, 2.05) is 0 Å². The van der Waals surface area contributed by atoms with E-state index in [1.54, 1.807) is 6.07 Å². The number of hydrogen-bond donors (Lipinski definition) is 0. The van der Waals surface area contributed by atoms with Crippen LogP contribution in [0, 0.1) is 5.82 Å². The molecule has 0 N–H and O–H groups in total. The van der Waals surface area contributed by atoms with E-state index in [0.717, 1.165) is 0 Å². The molecule has 6 nitrogen and oxygen atoms in total. The first-order chi connectivity index (χ1) is 13.1. The second kappa shape index (κ2) is 8.07. The molecule has 3 rings (SSSR count). The number of carbonyl (C=O) groups excluding carboxylic acids is 2. The van der Waals surface area contributed by atoms with Gasteiger partial charge < -0.3 is 18.9 Å². The first-order valence-electron chi connectivity index (χ1n) is 8.42. The van der Waals surface area contributed by atoms with E-state index in [-0.39, 0.29) is 41.3 Å². The van der Waals surface area contributed by atoms with Crippen molar-refractivity contribution in [3.8, 4) is 23.0 Å². The van der Waals surface area contributed by atoms with Crippen LogP contribution in [-0.4, -0.2) is 39.0 Å². The average Bonchev–Trinajstić information content (AvgIpc) is 2.70. The largest absolute Gasteiger partial charge is 0.492 e. The number of ether oxygens (including phenoxy) is 4. The predicted molar refractivity (Wildman–Crippen MR) is 94.8 cm³/mol. The SMILES string of the molecule is COc1c(C(=O)CCC(=O)c2ccccc2F)cc2c(c1OC)OCCO2. The Bertz CT molecular complexity index is 877. The molecule has 0 saturated carbocycles. The minimum absolute atomic E-state index is 0.0305. The fraction of sp³-hybridized carbons (Fsp3) is 0.300. The third-order valence-corrected chi connectivity index (χ3v) is 4.21. The lowest BCUT2D eigenvalue weighted by Crippen LogP contribution is -2.17. The van der Waals surface area contributed by atoms with E-state index in [2.05, 4.69) is 0 Å². The quantitative estimate of drug-likeness (QED) is 0.691. The topological polar surface area (TPSA) is 71.1 Å². The van der Waals surface area contributed by atoms with E-state index < -0.39 is 11.6 Å². The number of methoxy groups -OCH3 is 2. The Balaban J connectivity index is 1.84. The first-order valence-corrected chi connectivity index (χ1v) is 8.42. The van der Waals surface area contributed by atoms with Crippen molar-refractivity contribution in [2.45, 2.75) is 12.8 Å². The molecule has 0 atom stereocenters. The molecule has 0 spiro atoms. The molecule has 0 fully saturated rings. The summed E-state index contributed by atoms with van der Waals surface area (Å²) in [5.41, 5.74) is 0.192. The molecule has 0 saturated heterocycles. The van der Waals surface area contributed by atoms with E-state index in [4.69, 9.17) is 18.9 Å². The normalized spacial score (nSPS) is 12.4. The minimum Gasteiger partial charge on any atom is -0.492 e. The summed E-state index contributed by atoms with van der Waals surface area (Å²) >= 11 is 0. The van der Waals surface area contributed by atoms with Crippen LogP contribution in [0.1, 0.15) is 33.6 Å². The van der Waals surface area contributed by atoms with Gasteiger partial charge >= 0.3 is 0 Å². The van der Waals surface area contributed by atoms with Crippen LogP contribution in [0.3, 0.4) is 0 Å². The molecule has 2 aromatic carbocycles. The molecule has 1 heterocycles. The summed E-state index contributed by atoms with van der Waals surface area (Å²) < 4.78 is 35.5. The van der Waals surface area contributed by atoms with Crippen LogP contribution in [-0.2, 0) is 0 Å². The van der Waals surface area contributed by atoms with Gasteiger partial charge in [0.15, 0.2) is 23.1 Å². The van der Waals surface area contributed by atoms with Gasteiger partial charge in [0.2, 0.25) is 11.5 Å². The Kier molecular flexibility index (Phi) is 5.59. The monoisotopic (exact) mass is 374 g/mol. The number of ketones is 2. The van der Waals surface area contributed by atoms with Crippen LogP contribution in [0.25, 0.3) is 0 Å². The molecule has 1 aliphatic rings. The fourth-order valence-electron chi connectivity index (χ4n) is 2.92. The highest BCUT2D eigenvalue weighted by Crippen LogP contribution is 2.48. The maximum atomic E-state index is 13.7. The lowest BCUT2D eigenvalue weighted by atomic mass is 9.99. The van der Waals surface area contributed by atoms with Gasteiger partial charge in [-0.25, -0.2) is 4.39 Å². The summed E-state index contributed by atoms with van der Waals surface area (Å²) in [6, 6.07) is 7.21. The maximum Gasteiger partial charge on any atom is 0.208 e. The van der Waals surface area contributed by atoms with Gasteiger partial charge in [-0.05, 0) is 18.2 Å². The fourth-order valence-corrected chi connectivity index (χ4v) is 2.92. The molecule has 7 heteroatoms. The molecule has 2 aromatic rings. The molecule has 0 bridgehead atoms. The number of rotatable bonds is 7. The first kappa shape index (κ1) is 18.7. The van der Waals surface area contributed by atoms with Crippen molar-refractivity contribution in [2.24, 2.45) is 0 Å². The highest BCUT2D eigenvalue weighted by Gasteiger charge is 2.28. The average molecular weight is 374 g/mol. The number of fused-ring (bicyclic) bond motifs is 1. The Labute approximate surface area is 155 Å². The van der Waals surface area contributed by atoms with Crippen molar-refractivity contribution in [3.63, 3.8) is 0 Å². The van der Waals surface area contributed by atoms with Gasteiger partial charge in [-0.2, -0.15) is 0 Å². The highest BCUT2D eigenvalue weighted by molar-refractivity contribution is 6.04. The summed E-state index contributed by atoms with van der Waals surface area (Å²) in [4.78, 5) is 24.9. The van der Waals surface area contributed by atoms with E-state index >= 15 is 0 Å². The molecule has 0 radical (unpaired) electrons. The lowest BCUT2D eigenvalue weighted by molar-refractivity contribution is 0.0912. The van der Waals surface area contributed by atoms with Gasteiger partial charge in [-0.15, -0.1) is 0 Å². The molecule has 142 valence electrons. The molecule has 0 aromatic heterocycles. The van der Waals surface area contributed by atoms with Crippen LogP contribution in [0.5, 0.6) is 23.0 Å². The van der Waals surface area contributed by atoms with Gasteiger partial charge in [-0.1, -0.05) is 12.1 Å². The molecular weight excluding hydrogens is 355 g/mol. The van der Waals surface area contributed by atoms with Crippen molar-refractivity contribution >= 4 is 11.6 Å². The standard InChI is InChI=1S/C20H19FO6/c1-24-18-13(11-17-19(20(18)25-2)27-10-9-26-17)16(23)8-7-15(22)12-5-3-4-6-14(12)21/h3-6,11H,7-10H2,1-2H3. The summed E-state index contributed by atoms with van der Waals surface area (Å²) in [5.74, 6) is -0.156. The molecule has 27 heavy (non-hydrogen) atoms. The Morgan fingerprint density at radius 3 is 2.26 bits per heavy atom. The Morgan fingerprint density at radius 2 is 1.59 bits per heavy atom. The molecule has 0 aliphatic carbocycles. The van der Waals surface area contributed by atoms with Gasteiger partial charge in [0.1, 0.15) is 19.0 Å². The van der Waals surface area contributed by atoms with Crippen LogP contribution in [0.2, 0.25) is 0 Å². The third-order valence-electron chi connectivity index (χ3n) is 4.21. The molecule has 0 unspecified atom stereocenters. The van der Waals surface area contributed by atoms with Crippen LogP contribution in [0.15, 0.2) is 30.3 Å². The zero-order valence-electron chi connectivity index (χ0n) is 15.0. The van der Waals surface area contributed by atoms with E-state index in [0.29, 0.717) is 24.7 Å². The zero-order valence-corrected chi connectivity index (χ0v) is 15.0. The predicted octanol–water partition coefficient (Wildman–Crippen LogP) is 3.46. The summed E-state index contributed by atoms with van der Waals surface area (Å²) in [6.45, 7) is 0.707. The lowest BCUT2D eigenvalue weighted by Gasteiger charge is -2.23. The van der Waals surface area contributed by atoms with Gasteiger partial charge in [0.25, 0.3) is 0 Å². The third kappa shape index (κ3) is 3.72. The smallest absolute Gasteiger partial charge is 0.208 e. The molecule has 0 amide bonds. The van der Waals surface area contributed by atoms with Crippen LogP contribution in [0.4, 0.5) is 4.39 Å². The van der Waals surface area contributed by atoms with Gasteiger partial charge in [0.05, 0.1) is 25.3 Å². The van der Waals surface area contributed by atoms with Crippen molar-refractivity contribution in [1.82, 2.24) is 0 Å². The van der Waals surface area contributed by atoms with Gasteiger partial charge in [0, 0.05) is 12.8 Å². The van der Waals surface area contributed by atoms with Crippen LogP contribution < -0.4 is 18.9 Å². The molecular formula is C20H19FO6. The van der Waals surface area contributed by atoms with Crippen LogP contribution >= 0.6 is 0 Å². The van der Waals surface area contributed by atoms with E-state index in [9.17, 15) is 14.0 Å². The number of hydrogen-bond acceptors (Lipinski definition) is 6. The van der Waals surface area contributed by atoms with Crippen molar-refractivity contribution in [2.75, 3.05) is 27.4 Å². The maximum absolute atomic E-state index is 13.7. The highest BCUT2D eigenvalue weighted by atomic mass is 19.1. The van der Waals surface area contributed by atoms with Crippen molar-refractivity contribution in [3.05, 3.63) is 47.3 Å². The van der Waals surface area contributed by atoms with Crippen molar-refractivity contribution < 1.29 is 32.9 Å². The minimum atomic E-state index is -0.603. The molecule has 1 aliphatic heterocycles. The van der Waals surface area contributed by atoms with Crippen molar-refractivity contribution in [1.29, 1.82) is 0 Å². The summed E-state index contributed by atoms with van der Waals surface area (Å²) in [5, 5.41) is 0.